The van der Waals surface area contributed by atoms with E-state index in [1.54, 1.807) is 7.11 Å². The number of fused-ring (bicyclic) bond motifs is 1. The summed E-state index contributed by atoms with van der Waals surface area (Å²) in [5.41, 5.74) is 2.83. The number of aromatic nitrogens is 2. The second-order valence-corrected chi connectivity index (χ2v) is 4.60. The fourth-order valence-electron chi connectivity index (χ4n) is 2.03. The van der Waals surface area contributed by atoms with Crippen LogP contribution >= 0.6 is 11.6 Å². The molecule has 1 aliphatic heterocycles. The number of anilines is 2. The van der Waals surface area contributed by atoms with Gasteiger partial charge in [0.1, 0.15) is 5.82 Å². The number of para-hydroxylation sites is 1. The molecule has 6 heteroatoms. The Labute approximate surface area is 116 Å². The van der Waals surface area contributed by atoms with Crippen LogP contribution in [0.2, 0.25) is 5.02 Å². The van der Waals surface area contributed by atoms with E-state index in [1.807, 2.05) is 24.3 Å². The van der Waals surface area contributed by atoms with Gasteiger partial charge in [0, 0.05) is 18.7 Å². The molecule has 0 aliphatic carbocycles. The van der Waals surface area contributed by atoms with Gasteiger partial charge in [0.05, 0.1) is 23.5 Å². The fraction of sp³-hybridized carbons (Fsp3) is 0.231. The normalized spacial score (nSPS) is 13.2. The Morgan fingerprint density at radius 1 is 1.26 bits per heavy atom. The average molecular weight is 277 g/mol. The van der Waals surface area contributed by atoms with Crippen molar-refractivity contribution in [3.8, 4) is 6.01 Å². The van der Waals surface area contributed by atoms with Crippen molar-refractivity contribution in [2.75, 3.05) is 12.4 Å². The number of ether oxygens (including phenoxy) is 1. The third kappa shape index (κ3) is 2.34. The highest BCUT2D eigenvalue weighted by molar-refractivity contribution is 6.33. The van der Waals surface area contributed by atoms with Crippen molar-refractivity contribution in [2.24, 2.45) is 0 Å². The third-order valence-corrected chi connectivity index (χ3v) is 3.31. The van der Waals surface area contributed by atoms with Gasteiger partial charge in [0.2, 0.25) is 0 Å². The first-order valence-corrected chi connectivity index (χ1v) is 6.32. The molecule has 0 atom stereocenters. The van der Waals surface area contributed by atoms with Gasteiger partial charge in [0.15, 0.2) is 0 Å². The first-order valence-electron chi connectivity index (χ1n) is 5.94. The number of hydrogen-bond donors (Lipinski definition) is 2. The van der Waals surface area contributed by atoms with Crippen molar-refractivity contribution in [1.29, 1.82) is 0 Å². The van der Waals surface area contributed by atoms with Gasteiger partial charge in [0.25, 0.3) is 0 Å². The van der Waals surface area contributed by atoms with Gasteiger partial charge in [-0.2, -0.15) is 9.97 Å². The van der Waals surface area contributed by atoms with E-state index in [2.05, 4.69) is 20.6 Å². The van der Waals surface area contributed by atoms with Crippen LogP contribution in [-0.4, -0.2) is 17.1 Å². The maximum absolute atomic E-state index is 6.15. The lowest BCUT2D eigenvalue weighted by Crippen LogP contribution is -2.04. The summed E-state index contributed by atoms with van der Waals surface area (Å²) in [6, 6.07) is 7.91. The lowest BCUT2D eigenvalue weighted by molar-refractivity contribution is 0.379. The molecule has 2 heterocycles. The quantitative estimate of drug-likeness (QED) is 0.902. The molecular weight excluding hydrogens is 264 g/mol. The van der Waals surface area contributed by atoms with Gasteiger partial charge < -0.3 is 15.4 Å². The van der Waals surface area contributed by atoms with Crippen LogP contribution in [0.1, 0.15) is 11.3 Å². The summed E-state index contributed by atoms with van der Waals surface area (Å²) in [6.07, 6.45) is 0. The molecular formula is C13H13ClN4O. The molecule has 2 N–H and O–H groups in total. The SMILES string of the molecule is COc1nc2c(c(Nc3ccccc3Cl)n1)CNC2. The number of rotatable bonds is 3. The summed E-state index contributed by atoms with van der Waals surface area (Å²) in [4.78, 5) is 8.68. The maximum Gasteiger partial charge on any atom is 0.318 e. The molecule has 0 spiro atoms. The summed E-state index contributed by atoms with van der Waals surface area (Å²) in [5.74, 6) is 0.736. The highest BCUT2D eigenvalue weighted by atomic mass is 35.5. The Kier molecular flexibility index (Phi) is 3.23. The van der Waals surface area contributed by atoms with E-state index < -0.39 is 0 Å². The van der Waals surface area contributed by atoms with E-state index in [4.69, 9.17) is 16.3 Å². The molecule has 0 unspecified atom stereocenters. The molecule has 0 fully saturated rings. The number of hydrogen-bond acceptors (Lipinski definition) is 5. The van der Waals surface area contributed by atoms with Gasteiger partial charge in [-0.25, -0.2) is 0 Å². The Morgan fingerprint density at radius 3 is 2.89 bits per heavy atom. The topological polar surface area (TPSA) is 59.1 Å². The van der Waals surface area contributed by atoms with E-state index in [1.165, 1.54) is 0 Å². The number of benzene rings is 1. The standard InChI is InChI=1S/C13H13ClN4O/c1-19-13-17-11-7-15-6-8(11)12(18-13)16-10-5-3-2-4-9(10)14/h2-5,15H,6-7H2,1H3,(H,16,17,18). The first kappa shape index (κ1) is 12.2. The molecule has 0 saturated carbocycles. The van der Waals surface area contributed by atoms with Crippen LogP contribution < -0.4 is 15.4 Å². The van der Waals surface area contributed by atoms with Crippen LogP contribution in [0.15, 0.2) is 24.3 Å². The van der Waals surface area contributed by atoms with Crippen molar-refractivity contribution in [2.45, 2.75) is 13.1 Å². The van der Waals surface area contributed by atoms with Gasteiger partial charge in [-0.1, -0.05) is 23.7 Å². The lowest BCUT2D eigenvalue weighted by atomic mass is 10.2. The van der Waals surface area contributed by atoms with Crippen molar-refractivity contribution in [3.63, 3.8) is 0 Å². The van der Waals surface area contributed by atoms with Crippen molar-refractivity contribution in [3.05, 3.63) is 40.5 Å². The summed E-state index contributed by atoms with van der Waals surface area (Å²) in [7, 11) is 1.56. The number of nitrogens with one attached hydrogen (secondary N) is 2. The zero-order valence-corrected chi connectivity index (χ0v) is 11.2. The van der Waals surface area contributed by atoms with Gasteiger partial charge in [-0.15, -0.1) is 0 Å². The molecule has 0 saturated heterocycles. The molecule has 0 bridgehead atoms. The molecule has 0 amide bonds. The van der Waals surface area contributed by atoms with Crippen molar-refractivity contribution in [1.82, 2.24) is 15.3 Å². The van der Waals surface area contributed by atoms with Crippen LogP contribution in [0.5, 0.6) is 6.01 Å². The molecule has 1 aromatic carbocycles. The predicted molar refractivity (Wildman–Crippen MR) is 73.9 cm³/mol. The van der Waals surface area contributed by atoms with E-state index >= 15 is 0 Å². The number of methoxy groups -OCH3 is 1. The Morgan fingerprint density at radius 2 is 2.11 bits per heavy atom. The summed E-state index contributed by atoms with van der Waals surface area (Å²) in [5, 5.41) is 7.15. The molecule has 98 valence electrons. The summed E-state index contributed by atoms with van der Waals surface area (Å²) in [6.45, 7) is 1.47. The Bertz CT molecular complexity index is 618. The molecule has 1 aliphatic rings. The van der Waals surface area contributed by atoms with E-state index in [0.717, 1.165) is 35.9 Å². The average Bonchev–Trinajstić information content (AvgIpc) is 2.89. The van der Waals surface area contributed by atoms with Crippen LogP contribution in [0, 0.1) is 0 Å². The predicted octanol–water partition coefficient (Wildman–Crippen LogP) is 2.49. The molecule has 19 heavy (non-hydrogen) atoms. The highest BCUT2D eigenvalue weighted by Crippen LogP contribution is 2.29. The smallest absolute Gasteiger partial charge is 0.318 e. The second-order valence-electron chi connectivity index (χ2n) is 4.19. The minimum atomic E-state index is 0.358. The van der Waals surface area contributed by atoms with E-state index in [0.29, 0.717) is 11.0 Å². The van der Waals surface area contributed by atoms with E-state index in [9.17, 15) is 0 Å². The van der Waals surface area contributed by atoms with Gasteiger partial charge in [-0.3, -0.25) is 0 Å². The van der Waals surface area contributed by atoms with Gasteiger partial charge >= 0.3 is 6.01 Å². The summed E-state index contributed by atoms with van der Waals surface area (Å²) < 4.78 is 5.13. The second kappa shape index (κ2) is 5.03. The van der Waals surface area contributed by atoms with Crippen molar-refractivity contribution >= 4 is 23.1 Å². The lowest BCUT2D eigenvalue weighted by Gasteiger charge is -2.11. The largest absolute Gasteiger partial charge is 0.467 e. The Balaban J connectivity index is 2.01. The summed E-state index contributed by atoms with van der Waals surface area (Å²) >= 11 is 6.15. The Hall–Kier alpha value is -1.85. The third-order valence-electron chi connectivity index (χ3n) is 2.98. The molecule has 2 aromatic rings. The van der Waals surface area contributed by atoms with Crippen LogP contribution in [0.4, 0.5) is 11.5 Å². The maximum atomic E-state index is 6.15. The van der Waals surface area contributed by atoms with Gasteiger partial charge in [-0.05, 0) is 12.1 Å². The van der Waals surface area contributed by atoms with Crippen LogP contribution in [0.3, 0.4) is 0 Å². The fourth-order valence-corrected chi connectivity index (χ4v) is 2.21. The minimum absolute atomic E-state index is 0.358. The van der Waals surface area contributed by atoms with Crippen LogP contribution in [0.25, 0.3) is 0 Å². The van der Waals surface area contributed by atoms with E-state index in [-0.39, 0.29) is 0 Å². The zero-order chi connectivity index (χ0) is 13.2. The van der Waals surface area contributed by atoms with Crippen molar-refractivity contribution < 1.29 is 4.74 Å². The monoisotopic (exact) mass is 276 g/mol. The zero-order valence-electron chi connectivity index (χ0n) is 10.4. The highest BCUT2D eigenvalue weighted by Gasteiger charge is 2.19. The first-order chi connectivity index (χ1) is 9.28. The molecule has 5 nitrogen and oxygen atoms in total. The van der Waals surface area contributed by atoms with Crippen LogP contribution in [-0.2, 0) is 13.1 Å². The minimum Gasteiger partial charge on any atom is -0.467 e. The molecule has 3 rings (SSSR count). The molecule has 1 aromatic heterocycles. The number of nitrogens with zero attached hydrogens (tertiary/aromatic N) is 2. The number of halogens is 1. The molecule has 0 radical (unpaired) electrons.